The molecule has 0 aliphatic heterocycles. The predicted molar refractivity (Wildman–Crippen MR) is 175 cm³/mol. The van der Waals surface area contributed by atoms with Gasteiger partial charge in [0, 0.05) is 0 Å². The smallest absolute Gasteiger partial charge is 0.294 e. The number of para-hydroxylation sites is 2. The Morgan fingerprint density at radius 3 is 1.72 bits per heavy atom. The molecule has 6 heteroatoms. The van der Waals surface area contributed by atoms with Crippen molar-refractivity contribution in [3.05, 3.63) is 84.5 Å². The van der Waals surface area contributed by atoms with Crippen molar-refractivity contribution in [3.8, 4) is 11.5 Å². The first-order valence-corrected chi connectivity index (χ1v) is 21.6. The zero-order valence-electron chi connectivity index (χ0n) is 26.0. The molecule has 1 saturated carbocycles. The Morgan fingerprint density at radius 2 is 1.28 bits per heavy atom. The van der Waals surface area contributed by atoms with Gasteiger partial charge in [-0.3, -0.25) is 0 Å². The zero-order valence-corrected chi connectivity index (χ0v) is 28.9. The summed E-state index contributed by atoms with van der Waals surface area (Å²) < 4.78 is 19.9. The van der Waals surface area contributed by atoms with Gasteiger partial charge in [-0.15, -0.1) is 0 Å². The molecule has 0 saturated heterocycles. The molecule has 0 bridgehead atoms. The molecule has 0 N–H and O–H groups in total. The molecule has 0 spiro atoms. The van der Waals surface area contributed by atoms with E-state index in [1.807, 2.05) is 60.7 Å². The second kappa shape index (κ2) is 12.5. The van der Waals surface area contributed by atoms with Crippen LogP contribution < -0.4 is 9.05 Å². The number of hydrogen-bond donors (Lipinski definition) is 0. The van der Waals surface area contributed by atoms with E-state index >= 15 is 0 Å². The van der Waals surface area contributed by atoms with Crippen molar-refractivity contribution in [2.45, 2.75) is 102 Å². The Balaban J connectivity index is 1.92. The summed E-state index contributed by atoms with van der Waals surface area (Å²) in [7, 11) is -4.87. The van der Waals surface area contributed by atoms with Crippen LogP contribution in [0.2, 0.25) is 41.8 Å². The molecule has 2 aromatic rings. The molecular formula is C33H51O3PSi2. The van der Waals surface area contributed by atoms with Crippen molar-refractivity contribution in [3.63, 3.8) is 0 Å². The van der Waals surface area contributed by atoms with Crippen LogP contribution in [-0.4, -0.2) is 28.7 Å². The highest BCUT2D eigenvalue weighted by Gasteiger charge is 2.48. The summed E-state index contributed by atoms with van der Waals surface area (Å²) in [6.45, 7) is 28.7. The average molecular weight is 583 g/mol. The SMILES string of the molecule is C=C1C([Si](C)(C)C(C)(C)C)C/C(=C/CP(Oc2ccccc2)Oc2ccccc2)C[C@H]1O[Si](C)(C)C(C)(C)C. The molecule has 214 valence electrons. The minimum Gasteiger partial charge on any atom is -0.438 e. The zero-order chi connectivity index (χ0) is 29.1. The highest BCUT2D eigenvalue weighted by atomic mass is 31.2. The third-order valence-corrected chi connectivity index (χ3v) is 21.2. The van der Waals surface area contributed by atoms with Crippen LogP contribution in [0.5, 0.6) is 11.5 Å². The van der Waals surface area contributed by atoms with Crippen LogP contribution in [0.1, 0.15) is 54.4 Å². The monoisotopic (exact) mass is 582 g/mol. The van der Waals surface area contributed by atoms with Gasteiger partial charge in [0.15, 0.2) is 8.32 Å². The Hall–Kier alpha value is -1.66. The van der Waals surface area contributed by atoms with Crippen LogP contribution in [0.25, 0.3) is 0 Å². The van der Waals surface area contributed by atoms with Crippen LogP contribution in [-0.2, 0) is 4.43 Å². The van der Waals surface area contributed by atoms with Gasteiger partial charge in [0.05, 0.1) is 20.3 Å². The molecule has 1 aliphatic rings. The number of benzene rings is 2. The predicted octanol–water partition coefficient (Wildman–Crippen LogP) is 11.0. The Kier molecular flexibility index (Phi) is 10.2. The summed E-state index contributed by atoms with van der Waals surface area (Å²) in [4.78, 5) is 0. The fraction of sp³-hybridized carbons (Fsp3) is 0.515. The third kappa shape index (κ3) is 8.19. The van der Waals surface area contributed by atoms with Gasteiger partial charge in [-0.05, 0) is 71.4 Å². The molecule has 0 amide bonds. The van der Waals surface area contributed by atoms with E-state index in [4.69, 9.17) is 20.1 Å². The molecule has 1 fully saturated rings. The van der Waals surface area contributed by atoms with Crippen LogP contribution in [0.4, 0.5) is 0 Å². The van der Waals surface area contributed by atoms with Crippen molar-refractivity contribution >= 4 is 24.8 Å². The van der Waals surface area contributed by atoms with Gasteiger partial charge in [-0.25, -0.2) is 0 Å². The second-order valence-electron chi connectivity index (χ2n) is 14.1. The maximum Gasteiger partial charge on any atom is 0.294 e. The first-order valence-electron chi connectivity index (χ1n) is 14.3. The van der Waals surface area contributed by atoms with Crippen molar-refractivity contribution in [1.82, 2.24) is 0 Å². The van der Waals surface area contributed by atoms with E-state index in [0.717, 1.165) is 30.5 Å². The van der Waals surface area contributed by atoms with Gasteiger partial charge in [0.2, 0.25) is 0 Å². The highest BCUT2D eigenvalue weighted by Crippen LogP contribution is 2.54. The topological polar surface area (TPSA) is 27.7 Å². The Morgan fingerprint density at radius 1 is 0.795 bits per heavy atom. The molecule has 1 unspecified atom stereocenters. The standard InChI is InChI=1S/C33H51O3PSi2/c1-26-30(36-39(10,11)33(5,6)7)24-27(25-31(26)38(8,9)32(2,3)4)22-23-37(34-28-18-14-12-15-19-28)35-29-20-16-13-17-21-29/h12-22,30-31H,1,23-25H2,2-11H3/b27-22+/t30-,31?/m1/s1. The fourth-order valence-electron chi connectivity index (χ4n) is 4.62. The minimum absolute atomic E-state index is 0.0707. The first-order chi connectivity index (χ1) is 18.0. The molecule has 3 rings (SSSR count). The number of hydrogen-bond acceptors (Lipinski definition) is 3. The van der Waals surface area contributed by atoms with Crippen molar-refractivity contribution in [2.75, 3.05) is 6.16 Å². The fourth-order valence-corrected chi connectivity index (χ4v) is 10.2. The molecule has 3 nitrogen and oxygen atoms in total. The maximum atomic E-state index is 7.09. The van der Waals surface area contributed by atoms with Crippen molar-refractivity contribution < 1.29 is 13.5 Å². The van der Waals surface area contributed by atoms with Gasteiger partial charge in [0.25, 0.3) is 8.38 Å². The van der Waals surface area contributed by atoms with Crippen LogP contribution in [0, 0.1) is 0 Å². The summed E-state index contributed by atoms with van der Waals surface area (Å²) in [5, 5.41) is 0.423. The van der Waals surface area contributed by atoms with E-state index in [0.29, 0.717) is 5.54 Å². The lowest BCUT2D eigenvalue weighted by molar-refractivity contribution is 0.200. The van der Waals surface area contributed by atoms with E-state index in [-0.39, 0.29) is 16.2 Å². The maximum absolute atomic E-state index is 7.09. The molecule has 2 aromatic carbocycles. The van der Waals surface area contributed by atoms with E-state index in [1.54, 1.807) is 0 Å². The molecule has 2 atom stereocenters. The molecule has 39 heavy (non-hydrogen) atoms. The largest absolute Gasteiger partial charge is 0.438 e. The molecule has 1 aliphatic carbocycles. The van der Waals surface area contributed by atoms with E-state index < -0.39 is 24.8 Å². The highest BCUT2D eigenvalue weighted by molar-refractivity contribution is 7.48. The lowest BCUT2D eigenvalue weighted by Crippen LogP contribution is -2.49. The van der Waals surface area contributed by atoms with Crippen LogP contribution in [0.15, 0.2) is 84.5 Å². The van der Waals surface area contributed by atoms with Gasteiger partial charge in [0.1, 0.15) is 11.5 Å². The molecular weight excluding hydrogens is 532 g/mol. The van der Waals surface area contributed by atoms with Gasteiger partial charge in [-0.1, -0.05) is 109 Å². The van der Waals surface area contributed by atoms with Crippen molar-refractivity contribution in [1.29, 1.82) is 0 Å². The summed E-state index contributed by atoms with van der Waals surface area (Å²) in [6.07, 6.45) is 5.17. The van der Waals surface area contributed by atoms with Gasteiger partial charge in [-0.2, -0.15) is 0 Å². The number of rotatable bonds is 9. The van der Waals surface area contributed by atoms with Gasteiger partial charge < -0.3 is 13.5 Å². The third-order valence-electron chi connectivity index (χ3n) is 9.25. The second-order valence-corrected chi connectivity index (χ2v) is 25.9. The summed E-state index contributed by atoms with van der Waals surface area (Å²) in [6, 6.07) is 20.0. The van der Waals surface area contributed by atoms with E-state index in [1.165, 1.54) is 11.1 Å². The molecule has 0 radical (unpaired) electrons. The summed E-state index contributed by atoms with van der Waals surface area (Å²) in [5.74, 6) is 1.68. The Labute approximate surface area is 242 Å². The van der Waals surface area contributed by atoms with Crippen molar-refractivity contribution in [2.24, 2.45) is 0 Å². The normalized spacial score (nSPS) is 20.4. The molecule has 0 heterocycles. The number of allylic oxidation sites excluding steroid dienone is 1. The lowest BCUT2D eigenvalue weighted by Gasteiger charge is -2.50. The first kappa shape index (κ1) is 31.9. The van der Waals surface area contributed by atoms with E-state index in [9.17, 15) is 0 Å². The summed E-state index contributed by atoms with van der Waals surface area (Å²) >= 11 is 0. The van der Waals surface area contributed by atoms with Crippen LogP contribution >= 0.6 is 8.38 Å². The van der Waals surface area contributed by atoms with Crippen LogP contribution in [0.3, 0.4) is 0 Å². The quantitative estimate of drug-likeness (QED) is 0.167. The van der Waals surface area contributed by atoms with Gasteiger partial charge >= 0.3 is 0 Å². The molecule has 0 aromatic heterocycles. The summed E-state index contributed by atoms with van der Waals surface area (Å²) in [5.41, 5.74) is 3.26. The minimum atomic E-state index is -1.96. The lowest BCUT2D eigenvalue weighted by atomic mass is 9.88. The Bertz CT molecular complexity index is 1070. The van der Waals surface area contributed by atoms with E-state index in [2.05, 4.69) is 73.8 Å². The average Bonchev–Trinajstić information content (AvgIpc) is 2.84.